The third-order valence-corrected chi connectivity index (χ3v) is 3.89. The van der Waals surface area contributed by atoms with E-state index in [-0.39, 0.29) is 23.0 Å². The molecule has 1 rings (SSSR count). The second-order valence-corrected chi connectivity index (χ2v) is 5.61. The van der Waals surface area contributed by atoms with Gasteiger partial charge in [0, 0.05) is 13.7 Å². The Hall–Kier alpha value is -0.925. The summed E-state index contributed by atoms with van der Waals surface area (Å²) in [6, 6.07) is 5.32. The van der Waals surface area contributed by atoms with Crippen LogP contribution in [0.5, 0.6) is 0 Å². The topological polar surface area (TPSA) is 95.9 Å². The maximum absolute atomic E-state index is 11.8. The van der Waals surface area contributed by atoms with Gasteiger partial charge in [-0.05, 0) is 24.5 Å². The molecular weight excluding hydrogens is 257 g/mol. The van der Waals surface area contributed by atoms with Crippen LogP contribution in [0.3, 0.4) is 0 Å². The number of rotatable bonds is 6. The fraction of sp³-hybridized carbons (Fsp3) is 0.400. The maximum atomic E-state index is 11.8. The molecule has 0 spiro atoms. The molecule has 1 unspecified atom stereocenters. The van der Waals surface area contributed by atoms with Crippen molar-refractivity contribution in [1.29, 1.82) is 0 Å². The molecule has 0 aromatic heterocycles. The minimum absolute atomic E-state index is 0.0650. The summed E-state index contributed by atoms with van der Waals surface area (Å²) in [7, 11) is -3.71. The summed E-state index contributed by atoms with van der Waals surface area (Å²) in [5.74, 6) is 0. The first-order valence-electron chi connectivity index (χ1n) is 5.35. The number of benzene rings is 1. The Balaban J connectivity index is 2.79. The molecule has 0 aliphatic heterocycles. The number of sulfonamides is 1. The van der Waals surface area contributed by atoms with Crippen LogP contribution in [0.1, 0.15) is 6.92 Å². The van der Waals surface area contributed by atoms with E-state index in [1.165, 1.54) is 31.4 Å². The molecule has 100 valence electrons. The Bertz CT molecular complexity index is 474. The second-order valence-electron chi connectivity index (χ2n) is 3.84. The van der Waals surface area contributed by atoms with E-state index in [2.05, 4.69) is 4.72 Å². The fourth-order valence-corrected chi connectivity index (χ4v) is 2.33. The van der Waals surface area contributed by atoms with Gasteiger partial charge >= 0.3 is 7.12 Å². The van der Waals surface area contributed by atoms with Crippen molar-refractivity contribution in [3.05, 3.63) is 24.3 Å². The molecule has 1 atom stereocenters. The van der Waals surface area contributed by atoms with Crippen molar-refractivity contribution in [2.45, 2.75) is 17.9 Å². The summed E-state index contributed by atoms with van der Waals surface area (Å²) in [5.41, 5.74) is 0.235. The fourth-order valence-electron chi connectivity index (χ4n) is 1.21. The van der Waals surface area contributed by atoms with Crippen molar-refractivity contribution in [3.8, 4) is 0 Å². The molecule has 0 bridgehead atoms. The molecule has 0 fully saturated rings. The minimum Gasteiger partial charge on any atom is -0.423 e. The molecule has 6 nitrogen and oxygen atoms in total. The van der Waals surface area contributed by atoms with Gasteiger partial charge < -0.3 is 14.8 Å². The van der Waals surface area contributed by atoms with Crippen LogP contribution in [0.15, 0.2) is 29.2 Å². The Labute approximate surface area is 107 Å². The van der Waals surface area contributed by atoms with E-state index in [1.807, 2.05) is 0 Å². The normalized spacial score (nSPS) is 13.3. The Morgan fingerprint density at radius 1 is 1.33 bits per heavy atom. The monoisotopic (exact) mass is 273 g/mol. The van der Waals surface area contributed by atoms with Gasteiger partial charge in [0.25, 0.3) is 0 Å². The first kappa shape index (κ1) is 15.1. The van der Waals surface area contributed by atoms with Gasteiger partial charge in [-0.2, -0.15) is 0 Å². The highest BCUT2D eigenvalue weighted by molar-refractivity contribution is 7.89. The van der Waals surface area contributed by atoms with Gasteiger partial charge in [0.2, 0.25) is 10.0 Å². The number of nitrogens with one attached hydrogen (secondary N) is 1. The summed E-state index contributed by atoms with van der Waals surface area (Å²) in [5, 5.41) is 17.8. The Morgan fingerprint density at radius 2 is 1.89 bits per heavy atom. The van der Waals surface area contributed by atoms with Crippen molar-refractivity contribution in [1.82, 2.24) is 4.72 Å². The third-order valence-electron chi connectivity index (χ3n) is 2.45. The molecule has 18 heavy (non-hydrogen) atoms. The van der Waals surface area contributed by atoms with Crippen LogP contribution in [-0.2, 0) is 14.8 Å². The first-order chi connectivity index (χ1) is 8.36. The van der Waals surface area contributed by atoms with Crippen LogP contribution >= 0.6 is 0 Å². The summed E-state index contributed by atoms with van der Waals surface area (Å²) in [4.78, 5) is 0.0650. The molecule has 1 aromatic carbocycles. The van der Waals surface area contributed by atoms with Crippen molar-refractivity contribution in [3.63, 3.8) is 0 Å². The molecule has 0 aliphatic rings. The zero-order valence-electron chi connectivity index (χ0n) is 10.2. The highest BCUT2D eigenvalue weighted by Crippen LogP contribution is 2.06. The summed E-state index contributed by atoms with van der Waals surface area (Å²) < 4.78 is 31.0. The van der Waals surface area contributed by atoms with Crippen LogP contribution < -0.4 is 10.2 Å². The number of hydrogen-bond donors (Lipinski definition) is 3. The maximum Gasteiger partial charge on any atom is 0.488 e. The Kier molecular flexibility index (Phi) is 5.30. The summed E-state index contributed by atoms with van der Waals surface area (Å²) >= 11 is 0. The number of ether oxygens (including phenoxy) is 1. The summed E-state index contributed by atoms with van der Waals surface area (Å²) in [6.45, 7) is 1.91. The highest BCUT2D eigenvalue weighted by Gasteiger charge is 2.17. The quantitative estimate of drug-likeness (QED) is 0.559. The molecule has 0 aliphatic carbocycles. The largest absolute Gasteiger partial charge is 0.488 e. The lowest BCUT2D eigenvalue weighted by molar-refractivity contribution is 0.122. The zero-order valence-corrected chi connectivity index (χ0v) is 11.0. The number of hydrogen-bond acceptors (Lipinski definition) is 5. The molecule has 0 amide bonds. The van der Waals surface area contributed by atoms with Gasteiger partial charge in [-0.15, -0.1) is 0 Å². The Morgan fingerprint density at radius 3 is 2.33 bits per heavy atom. The summed E-state index contributed by atoms with van der Waals surface area (Å²) in [6.07, 6.45) is -0.224. The predicted molar refractivity (Wildman–Crippen MR) is 67.9 cm³/mol. The predicted octanol–water partition coefficient (Wildman–Crippen LogP) is -1.32. The van der Waals surface area contributed by atoms with E-state index in [0.29, 0.717) is 0 Å². The molecular formula is C10H16BNO5S. The molecule has 8 heteroatoms. The van der Waals surface area contributed by atoms with E-state index < -0.39 is 17.1 Å². The van der Waals surface area contributed by atoms with Crippen LogP contribution in [0.4, 0.5) is 0 Å². The van der Waals surface area contributed by atoms with Crippen molar-refractivity contribution in [2.75, 3.05) is 13.7 Å². The average Bonchev–Trinajstić information content (AvgIpc) is 2.36. The van der Waals surface area contributed by atoms with Gasteiger partial charge in [0.05, 0.1) is 11.0 Å². The first-order valence-corrected chi connectivity index (χ1v) is 6.83. The van der Waals surface area contributed by atoms with Crippen molar-refractivity contribution in [2.24, 2.45) is 0 Å². The molecule has 0 saturated carbocycles. The van der Waals surface area contributed by atoms with Crippen molar-refractivity contribution >= 4 is 22.6 Å². The van der Waals surface area contributed by atoms with Gasteiger partial charge in [-0.25, -0.2) is 13.1 Å². The van der Waals surface area contributed by atoms with Gasteiger partial charge in [0.15, 0.2) is 0 Å². The van der Waals surface area contributed by atoms with E-state index in [1.54, 1.807) is 6.92 Å². The van der Waals surface area contributed by atoms with E-state index in [0.717, 1.165) is 0 Å². The lowest BCUT2D eigenvalue weighted by Gasteiger charge is -2.11. The molecule has 0 heterocycles. The third kappa shape index (κ3) is 4.07. The van der Waals surface area contributed by atoms with E-state index in [9.17, 15) is 8.42 Å². The highest BCUT2D eigenvalue weighted by atomic mass is 32.2. The van der Waals surface area contributed by atoms with Crippen LogP contribution in [-0.4, -0.2) is 45.3 Å². The lowest BCUT2D eigenvalue weighted by atomic mass is 9.81. The smallest absolute Gasteiger partial charge is 0.423 e. The van der Waals surface area contributed by atoms with E-state index in [4.69, 9.17) is 14.8 Å². The lowest BCUT2D eigenvalue weighted by Crippen LogP contribution is -2.33. The molecule has 0 radical (unpaired) electrons. The number of methoxy groups -OCH3 is 1. The average molecular weight is 273 g/mol. The van der Waals surface area contributed by atoms with Gasteiger partial charge in [-0.3, -0.25) is 0 Å². The molecule has 3 N–H and O–H groups in total. The second kappa shape index (κ2) is 6.30. The SMILES string of the molecule is COC(C)CNS(=O)(=O)c1ccc(B(O)O)cc1. The van der Waals surface area contributed by atoms with Gasteiger partial charge in [-0.1, -0.05) is 12.1 Å². The standard InChI is InChI=1S/C10H16BNO5S/c1-8(17-2)7-12-18(15,16)10-5-3-9(4-6-10)11(13)14/h3-6,8,12-14H,7H2,1-2H3. The van der Waals surface area contributed by atoms with E-state index >= 15 is 0 Å². The van der Waals surface area contributed by atoms with Gasteiger partial charge in [0.1, 0.15) is 0 Å². The van der Waals surface area contributed by atoms with Crippen LogP contribution in [0.25, 0.3) is 0 Å². The zero-order chi connectivity index (χ0) is 13.8. The van der Waals surface area contributed by atoms with Crippen molar-refractivity contribution < 1.29 is 23.2 Å². The minimum atomic E-state index is -3.60. The molecule has 1 aromatic rings. The van der Waals surface area contributed by atoms with Crippen LogP contribution in [0, 0.1) is 0 Å². The van der Waals surface area contributed by atoms with Crippen LogP contribution in [0.2, 0.25) is 0 Å². The molecule has 0 saturated heterocycles.